The van der Waals surface area contributed by atoms with Crippen LogP contribution in [0.3, 0.4) is 0 Å². The topological polar surface area (TPSA) is 74.5 Å². The summed E-state index contributed by atoms with van der Waals surface area (Å²) in [6.07, 6.45) is 3.06. The molecule has 144 valence electrons. The third-order valence-electron chi connectivity index (χ3n) is 4.73. The number of aryl methyl sites for hydroxylation is 1. The van der Waals surface area contributed by atoms with Crippen LogP contribution in [0.1, 0.15) is 16.1 Å². The van der Waals surface area contributed by atoms with Crippen molar-refractivity contribution < 1.29 is 9.21 Å². The summed E-state index contributed by atoms with van der Waals surface area (Å²) in [5.41, 5.74) is 1.99. The summed E-state index contributed by atoms with van der Waals surface area (Å²) in [5.74, 6) is 1.84. The smallest absolute Gasteiger partial charge is 0.289 e. The second-order valence-electron chi connectivity index (χ2n) is 6.60. The lowest BCUT2D eigenvalue weighted by Gasteiger charge is -2.35. The molecule has 1 aliphatic rings. The number of nitrogens with one attached hydrogen (secondary N) is 1. The van der Waals surface area contributed by atoms with Crippen LogP contribution in [-0.4, -0.2) is 47.0 Å². The van der Waals surface area contributed by atoms with Gasteiger partial charge in [-0.25, -0.2) is 9.97 Å². The highest BCUT2D eigenvalue weighted by Crippen LogP contribution is 2.24. The molecule has 0 bridgehead atoms. The standard InChI is InChI=1S/C20H20ClN5O2/c1-14-11-15(21)4-5-16(14)24-18-12-19(23-13-22-18)25-6-8-26(9-7-25)20(27)17-3-2-10-28-17/h2-5,10-13H,6-9H2,1H3,(H,22,23,24). The number of furan rings is 1. The zero-order valence-corrected chi connectivity index (χ0v) is 16.2. The van der Waals surface area contributed by atoms with E-state index >= 15 is 0 Å². The average molecular weight is 398 g/mol. The minimum atomic E-state index is -0.0760. The Balaban J connectivity index is 1.42. The van der Waals surface area contributed by atoms with Crippen LogP contribution in [0, 0.1) is 6.92 Å². The minimum Gasteiger partial charge on any atom is -0.459 e. The Hall–Kier alpha value is -3.06. The highest BCUT2D eigenvalue weighted by molar-refractivity contribution is 6.30. The predicted molar refractivity (Wildman–Crippen MR) is 108 cm³/mol. The van der Waals surface area contributed by atoms with Gasteiger partial charge < -0.3 is 19.5 Å². The minimum absolute atomic E-state index is 0.0760. The van der Waals surface area contributed by atoms with Gasteiger partial charge in [0.1, 0.15) is 18.0 Å². The van der Waals surface area contributed by atoms with E-state index in [-0.39, 0.29) is 5.91 Å². The fraction of sp³-hybridized carbons (Fsp3) is 0.250. The number of carbonyl (C=O) groups excluding carboxylic acids is 1. The first-order valence-corrected chi connectivity index (χ1v) is 9.41. The van der Waals surface area contributed by atoms with Crippen LogP contribution < -0.4 is 10.2 Å². The summed E-state index contributed by atoms with van der Waals surface area (Å²) in [5, 5.41) is 4.01. The average Bonchev–Trinajstić information content (AvgIpc) is 3.25. The lowest BCUT2D eigenvalue weighted by Crippen LogP contribution is -2.49. The van der Waals surface area contributed by atoms with Crippen molar-refractivity contribution >= 4 is 34.8 Å². The molecule has 1 N–H and O–H groups in total. The van der Waals surface area contributed by atoms with Gasteiger partial charge in [0.05, 0.1) is 6.26 Å². The summed E-state index contributed by atoms with van der Waals surface area (Å²) in [6, 6.07) is 11.0. The number of aromatic nitrogens is 2. The molecule has 0 atom stereocenters. The number of hydrogen-bond donors (Lipinski definition) is 1. The Morgan fingerprint density at radius 1 is 1.14 bits per heavy atom. The molecule has 0 spiro atoms. The molecule has 1 amide bonds. The van der Waals surface area contributed by atoms with E-state index in [1.165, 1.54) is 6.26 Å². The molecule has 1 fully saturated rings. The number of halogens is 1. The highest BCUT2D eigenvalue weighted by Gasteiger charge is 2.24. The molecule has 1 aliphatic heterocycles. The van der Waals surface area contributed by atoms with Crippen LogP contribution in [0.15, 0.2) is 53.4 Å². The lowest BCUT2D eigenvalue weighted by atomic mass is 10.2. The number of carbonyl (C=O) groups is 1. The molecule has 2 aromatic heterocycles. The van der Waals surface area contributed by atoms with E-state index in [0.29, 0.717) is 42.8 Å². The van der Waals surface area contributed by atoms with Gasteiger partial charge in [0, 0.05) is 43.0 Å². The number of rotatable bonds is 4. The molecule has 3 heterocycles. The number of hydrogen-bond acceptors (Lipinski definition) is 6. The summed E-state index contributed by atoms with van der Waals surface area (Å²) < 4.78 is 5.21. The molecule has 0 saturated carbocycles. The van der Waals surface area contributed by atoms with E-state index in [2.05, 4.69) is 20.2 Å². The van der Waals surface area contributed by atoms with Gasteiger partial charge >= 0.3 is 0 Å². The van der Waals surface area contributed by atoms with E-state index in [0.717, 1.165) is 17.1 Å². The Kier molecular flexibility index (Phi) is 5.16. The fourth-order valence-corrected chi connectivity index (χ4v) is 3.42. The van der Waals surface area contributed by atoms with E-state index in [9.17, 15) is 4.79 Å². The first-order chi connectivity index (χ1) is 13.6. The number of anilines is 3. The van der Waals surface area contributed by atoms with Crippen LogP contribution in [0.25, 0.3) is 0 Å². The molecule has 28 heavy (non-hydrogen) atoms. The monoisotopic (exact) mass is 397 g/mol. The van der Waals surface area contributed by atoms with Gasteiger partial charge in [-0.3, -0.25) is 4.79 Å². The zero-order valence-electron chi connectivity index (χ0n) is 15.4. The van der Waals surface area contributed by atoms with Gasteiger partial charge in [-0.1, -0.05) is 11.6 Å². The number of piperazine rings is 1. The molecule has 1 saturated heterocycles. The maximum Gasteiger partial charge on any atom is 0.289 e. The summed E-state index contributed by atoms with van der Waals surface area (Å²) >= 11 is 6.02. The third kappa shape index (κ3) is 3.94. The Morgan fingerprint density at radius 2 is 1.96 bits per heavy atom. The summed E-state index contributed by atoms with van der Waals surface area (Å²) in [7, 11) is 0. The van der Waals surface area contributed by atoms with Crippen molar-refractivity contribution in [3.8, 4) is 0 Å². The van der Waals surface area contributed by atoms with Crippen molar-refractivity contribution in [2.24, 2.45) is 0 Å². The lowest BCUT2D eigenvalue weighted by molar-refractivity contribution is 0.0714. The number of amides is 1. The van der Waals surface area contributed by atoms with E-state index in [1.54, 1.807) is 23.4 Å². The van der Waals surface area contributed by atoms with Gasteiger partial charge in [-0.05, 0) is 42.8 Å². The normalized spacial score (nSPS) is 14.2. The van der Waals surface area contributed by atoms with Gasteiger partial charge in [-0.2, -0.15) is 0 Å². The van der Waals surface area contributed by atoms with Gasteiger partial charge in [0.2, 0.25) is 0 Å². The second kappa shape index (κ2) is 7.90. The van der Waals surface area contributed by atoms with Crippen LogP contribution in [0.2, 0.25) is 5.02 Å². The molecule has 8 heteroatoms. The van der Waals surface area contributed by atoms with E-state index in [1.807, 2.05) is 31.2 Å². The van der Waals surface area contributed by atoms with Gasteiger partial charge in [-0.15, -0.1) is 0 Å². The number of benzene rings is 1. The summed E-state index contributed by atoms with van der Waals surface area (Å²) in [4.78, 5) is 25.0. The fourth-order valence-electron chi connectivity index (χ4n) is 3.19. The molecule has 7 nitrogen and oxygen atoms in total. The van der Waals surface area contributed by atoms with E-state index < -0.39 is 0 Å². The Morgan fingerprint density at radius 3 is 2.68 bits per heavy atom. The first-order valence-electron chi connectivity index (χ1n) is 9.03. The van der Waals surface area contributed by atoms with Crippen molar-refractivity contribution in [2.75, 3.05) is 36.4 Å². The molecule has 4 rings (SSSR count). The molecular formula is C20H20ClN5O2. The Bertz CT molecular complexity index is 968. The Labute approximate surface area is 167 Å². The van der Waals surface area contributed by atoms with Crippen LogP contribution in [0.4, 0.5) is 17.3 Å². The number of nitrogens with zero attached hydrogens (tertiary/aromatic N) is 4. The second-order valence-corrected chi connectivity index (χ2v) is 7.04. The molecule has 1 aromatic carbocycles. The molecule has 3 aromatic rings. The largest absolute Gasteiger partial charge is 0.459 e. The van der Waals surface area contributed by atoms with Gasteiger partial charge in [0.25, 0.3) is 5.91 Å². The molecule has 0 aliphatic carbocycles. The third-order valence-corrected chi connectivity index (χ3v) is 4.96. The van der Waals surface area contributed by atoms with Crippen molar-refractivity contribution in [1.82, 2.24) is 14.9 Å². The SMILES string of the molecule is Cc1cc(Cl)ccc1Nc1cc(N2CCN(C(=O)c3ccco3)CC2)ncn1. The molecular weight excluding hydrogens is 378 g/mol. The quantitative estimate of drug-likeness (QED) is 0.722. The highest BCUT2D eigenvalue weighted by atomic mass is 35.5. The van der Waals surface area contributed by atoms with Crippen molar-refractivity contribution in [3.05, 3.63) is 65.3 Å². The van der Waals surface area contributed by atoms with Crippen molar-refractivity contribution in [2.45, 2.75) is 6.92 Å². The summed E-state index contributed by atoms with van der Waals surface area (Å²) in [6.45, 7) is 4.61. The first kappa shape index (κ1) is 18.3. The van der Waals surface area contributed by atoms with Crippen molar-refractivity contribution in [1.29, 1.82) is 0 Å². The van der Waals surface area contributed by atoms with Crippen LogP contribution in [0.5, 0.6) is 0 Å². The maximum atomic E-state index is 12.4. The predicted octanol–water partition coefficient (Wildman–Crippen LogP) is 3.74. The van der Waals surface area contributed by atoms with Crippen LogP contribution in [-0.2, 0) is 0 Å². The maximum absolute atomic E-state index is 12.4. The molecule has 0 radical (unpaired) electrons. The molecule has 0 unspecified atom stereocenters. The van der Waals surface area contributed by atoms with Gasteiger partial charge in [0.15, 0.2) is 5.76 Å². The van der Waals surface area contributed by atoms with E-state index in [4.69, 9.17) is 16.0 Å². The van der Waals surface area contributed by atoms with Crippen molar-refractivity contribution in [3.63, 3.8) is 0 Å². The zero-order chi connectivity index (χ0) is 19.5. The van der Waals surface area contributed by atoms with Crippen LogP contribution >= 0.6 is 11.6 Å².